The quantitative estimate of drug-likeness (QED) is 0.510. The normalized spacial score (nSPS) is 11.6. The molecular formula is C22H18Cl2N2O4. The Morgan fingerprint density at radius 1 is 1.10 bits per heavy atom. The van der Waals surface area contributed by atoms with Crippen molar-refractivity contribution in [1.29, 1.82) is 0 Å². The lowest BCUT2D eigenvalue weighted by molar-refractivity contribution is 0.0693. The van der Waals surface area contributed by atoms with Gasteiger partial charge in [-0.05, 0) is 43.7 Å². The molecule has 0 spiro atoms. The standard InChI is InChI=1S/C22H18Cl2N2O4/c1-12-18(24)8-5-9-19(12)30-21-17(10-14(23)11-25-21)20(27)26-13(2)15-6-3-4-7-16(15)22(28)29/h3-11,13H,1-2H3,(H,26,27)(H,28,29)/t13-/m0/s1. The van der Waals surface area contributed by atoms with Crippen LogP contribution < -0.4 is 10.1 Å². The second-order valence-corrected chi connectivity index (χ2v) is 7.40. The van der Waals surface area contributed by atoms with Gasteiger partial charge in [-0.3, -0.25) is 4.79 Å². The van der Waals surface area contributed by atoms with Gasteiger partial charge in [-0.25, -0.2) is 9.78 Å². The van der Waals surface area contributed by atoms with E-state index in [2.05, 4.69) is 10.3 Å². The van der Waals surface area contributed by atoms with Gasteiger partial charge in [0, 0.05) is 16.8 Å². The van der Waals surface area contributed by atoms with E-state index in [0.29, 0.717) is 21.9 Å². The molecule has 0 aliphatic rings. The molecule has 154 valence electrons. The number of carbonyl (C=O) groups is 2. The van der Waals surface area contributed by atoms with Crippen molar-refractivity contribution in [3.8, 4) is 11.6 Å². The number of nitrogens with one attached hydrogen (secondary N) is 1. The molecule has 8 heteroatoms. The Balaban J connectivity index is 1.90. The van der Waals surface area contributed by atoms with Gasteiger partial charge in [0.15, 0.2) is 0 Å². The predicted octanol–water partition coefficient (Wildman–Crippen LogP) is 5.68. The molecular weight excluding hydrogens is 427 g/mol. The van der Waals surface area contributed by atoms with Gasteiger partial charge in [0.2, 0.25) is 5.88 Å². The van der Waals surface area contributed by atoms with E-state index in [1.165, 1.54) is 18.3 Å². The highest BCUT2D eigenvalue weighted by molar-refractivity contribution is 6.31. The maximum Gasteiger partial charge on any atom is 0.336 e. The summed E-state index contributed by atoms with van der Waals surface area (Å²) in [6.45, 7) is 3.48. The summed E-state index contributed by atoms with van der Waals surface area (Å²) in [5.74, 6) is -1.07. The molecule has 1 amide bonds. The zero-order valence-corrected chi connectivity index (χ0v) is 17.7. The monoisotopic (exact) mass is 444 g/mol. The Morgan fingerprint density at radius 3 is 2.57 bits per heavy atom. The van der Waals surface area contributed by atoms with Crippen molar-refractivity contribution in [3.05, 3.63) is 87.0 Å². The average Bonchev–Trinajstić information content (AvgIpc) is 2.72. The maximum absolute atomic E-state index is 13.0. The lowest BCUT2D eigenvalue weighted by atomic mass is 10.0. The minimum Gasteiger partial charge on any atom is -0.478 e. The smallest absolute Gasteiger partial charge is 0.336 e. The number of nitrogens with zero attached hydrogens (tertiary/aromatic N) is 1. The van der Waals surface area contributed by atoms with E-state index < -0.39 is 17.9 Å². The van der Waals surface area contributed by atoms with Crippen molar-refractivity contribution in [2.45, 2.75) is 19.9 Å². The Bertz CT molecular complexity index is 1120. The van der Waals surface area contributed by atoms with E-state index in [0.717, 1.165) is 0 Å². The number of halogens is 2. The number of benzene rings is 2. The third-order valence-electron chi connectivity index (χ3n) is 4.49. The molecule has 0 radical (unpaired) electrons. The van der Waals surface area contributed by atoms with Crippen molar-refractivity contribution in [3.63, 3.8) is 0 Å². The van der Waals surface area contributed by atoms with Crippen molar-refractivity contribution >= 4 is 35.1 Å². The third-order valence-corrected chi connectivity index (χ3v) is 5.11. The first-order valence-corrected chi connectivity index (χ1v) is 9.75. The molecule has 6 nitrogen and oxygen atoms in total. The zero-order chi connectivity index (χ0) is 21.8. The number of pyridine rings is 1. The molecule has 3 rings (SSSR count). The molecule has 30 heavy (non-hydrogen) atoms. The van der Waals surface area contributed by atoms with E-state index in [4.69, 9.17) is 27.9 Å². The van der Waals surface area contributed by atoms with E-state index in [-0.39, 0.29) is 22.0 Å². The molecule has 1 atom stereocenters. The molecule has 2 N–H and O–H groups in total. The second-order valence-electron chi connectivity index (χ2n) is 6.56. The molecule has 1 heterocycles. The predicted molar refractivity (Wildman–Crippen MR) is 115 cm³/mol. The van der Waals surface area contributed by atoms with E-state index in [9.17, 15) is 14.7 Å². The molecule has 0 saturated carbocycles. The first-order chi connectivity index (χ1) is 14.3. The number of amides is 1. The summed E-state index contributed by atoms with van der Waals surface area (Å²) in [4.78, 5) is 28.6. The Kier molecular flexibility index (Phi) is 6.59. The topological polar surface area (TPSA) is 88.5 Å². The number of carbonyl (C=O) groups excluding carboxylic acids is 1. The van der Waals surface area contributed by atoms with Crippen molar-refractivity contribution < 1.29 is 19.4 Å². The van der Waals surface area contributed by atoms with Gasteiger partial charge < -0.3 is 15.2 Å². The number of hydrogen-bond donors (Lipinski definition) is 2. The summed E-state index contributed by atoms with van der Waals surface area (Å²) in [6, 6.07) is 12.5. The molecule has 0 saturated heterocycles. The number of aromatic carboxylic acids is 1. The first kappa shape index (κ1) is 21.6. The highest BCUT2D eigenvalue weighted by Gasteiger charge is 2.21. The molecule has 0 fully saturated rings. The van der Waals surface area contributed by atoms with Crippen molar-refractivity contribution in [1.82, 2.24) is 10.3 Å². The van der Waals surface area contributed by atoms with Gasteiger partial charge in [-0.2, -0.15) is 0 Å². The minimum absolute atomic E-state index is 0.0565. The fourth-order valence-electron chi connectivity index (χ4n) is 2.89. The number of carboxylic acid groups (broad SMARTS) is 1. The molecule has 0 unspecified atom stereocenters. The van der Waals surface area contributed by atoms with Crippen LogP contribution in [0.3, 0.4) is 0 Å². The van der Waals surface area contributed by atoms with E-state index in [1.807, 2.05) is 0 Å². The summed E-state index contributed by atoms with van der Waals surface area (Å²) >= 11 is 12.2. The Hall–Kier alpha value is -3.09. The van der Waals surface area contributed by atoms with Crippen LogP contribution >= 0.6 is 23.2 Å². The van der Waals surface area contributed by atoms with Crippen molar-refractivity contribution in [2.75, 3.05) is 0 Å². The fourth-order valence-corrected chi connectivity index (χ4v) is 3.22. The summed E-state index contributed by atoms with van der Waals surface area (Å²) in [7, 11) is 0. The first-order valence-electron chi connectivity index (χ1n) is 8.99. The second kappa shape index (κ2) is 9.15. The van der Waals surface area contributed by atoms with Gasteiger partial charge in [-0.15, -0.1) is 0 Å². The highest BCUT2D eigenvalue weighted by Crippen LogP contribution is 2.31. The van der Waals surface area contributed by atoms with Gasteiger partial charge in [0.1, 0.15) is 11.3 Å². The Morgan fingerprint density at radius 2 is 1.83 bits per heavy atom. The SMILES string of the molecule is Cc1c(Cl)cccc1Oc1ncc(Cl)cc1C(=O)N[C@@H](C)c1ccccc1C(=O)O. The number of hydrogen-bond acceptors (Lipinski definition) is 4. The summed E-state index contributed by atoms with van der Waals surface area (Å²) < 4.78 is 5.84. The zero-order valence-electron chi connectivity index (χ0n) is 16.1. The van der Waals surface area contributed by atoms with Crippen molar-refractivity contribution in [2.24, 2.45) is 0 Å². The molecule has 1 aromatic heterocycles. The molecule has 3 aromatic rings. The minimum atomic E-state index is -1.07. The number of carboxylic acids is 1. The van der Waals surface area contributed by atoms with Crippen LogP contribution in [0.25, 0.3) is 0 Å². The van der Waals surface area contributed by atoms with Crippen LogP contribution in [0.5, 0.6) is 11.6 Å². The number of aromatic nitrogens is 1. The van der Waals surface area contributed by atoms with Gasteiger partial charge in [0.05, 0.1) is 16.6 Å². The maximum atomic E-state index is 13.0. The van der Waals surface area contributed by atoms with E-state index >= 15 is 0 Å². The van der Waals surface area contributed by atoms with Crippen LogP contribution in [0.15, 0.2) is 54.7 Å². The van der Waals surface area contributed by atoms with Gasteiger partial charge in [0.25, 0.3) is 5.91 Å². The highest BCUT2D eigenvalue weighted by atomic mass is 35.5. The molecule has 0 bridgehead atoms. The summed E-state index contributed by atoms with van der Waals surface area (Å²) in [5, 5.41) is 12.9. The van der Waals surface area contributed by atoms with Crippen LogP contribution in [0, 0.1) is 6.92 Å². The molecule has 0 aliphatic heterocycles. The average molecular weight is 445 g/mol. The van der Waals surface area contributed by atoms with Crippen LogP contribution in [0.1, 0.15) is 44.8 Å². The molecule has 0 aliphatic carbocycles. The van der Waals surface area contributed by atoms with Gasteiger partial charge in [-0.1, -0.05) is 47.5 Å². The number of ether oxygens (including phenoxy) is 1. The summed E-state index contributed by atoms with van der Waals surface area (Å²) in [5.41, 5.74) is 1.40. The summed E-state index contributed by atoms with van der Waals surface area (Å²) in [6.07, 6.45) is 1.37. The fraction of sp³-hybridized carbons (Fsp3) is 0.136. The van der Waals surface area contributed by atoms with Crippen LogP contribution in [-0.2, 0) is 0 Å². The van der Waals surface area contributed by atoms with E-state index in [1.54, 1.807) is 50.2 Å². The number of rotatable bonds is 6. The lowest BCUT2D eigenvalue weighted by Gasteiger charge is -2.18. The lowest BCUT2D eigenvalue weighted by Crippen LogP contribution is -2.28. The van der Waals surface area contributed by atoms with Gasteiger partial charge >= 0.3 is 5.97 Å². The largest absolute Gasteiger partial charge is 0.478 e. The van der Waals surface area contributed by atoms with Crippen LogP contribution in [0.4, 0.5) is 0 Å². The van der Waals surface area contributed by atoms with Crippen LogP contribution in [-0.4, -0.2) is 22.0 Å². The Labute approximate surface area is 183 Å². The molecule has 2 aromatic carbocycles. The van der Waals surface area contributed by atoms with Crippen LogP contribution in [0.2, 0.25) is 10.0 Å². The third kappa shape index (κ3) is 4.72.